The van der Waals surface area contributed by atoms with Gasteiger partial charge in [0.1, 0.15) is 10.5 Å². The Morgan fingerprint density at radius 1 is 1.47 bits per heavy atom. The van der Waals surface area contributed by atoms with E-state index in [0.29, 0.717) is 10.6 Å². The van der Waals surface area contributed by atoms with Crippen LogP contribution in [0, 0.1) is 11.6 Å². The molecule has 1 aliphatic rings. The van der Waals surface area contributed by atoms with Crippen LogP contribution in [-0.4, -0.2) is 9.97 Å². The maximum Gasteiger partial charge on any atom is 0.133 e. The Morgan fingerprint density at radius 3 is 2.82 bits per heavy atom. The standard InChI is InChI=1S/C12H11ClN2S2/c1-6-10(8-4-5-9(13)17-8)14-11(7-2-3-7)15-12(6)16/h4-5,7H,2-3H2,1H3,(H,14,15,16). The molecule has 1 aliphatic carbocycles. The summed E-state index contributed by atoms with van der Waals surface area (Å²) < 4.78 is 1.49. The molecule has 0 atom stereocenters. The third-order valence-corrected chi connectivity index (χ3v) is 4.60. The largest absolute Gasteiger partial charge is 0.342 e. The van der Waals surface area contributed by atoms with Gasteiger partial charge in [-0.1, -0.05) is 23.8 Å². The molecule has 1 fully saturated rings. The lowest BCUT2D eigenvalue weighted by atomic mass is 10.2. The zero-order chi connectivity index (χ0) is 12.0. The van der Waals surface area contributed by atoms with E-state index in [1.165, 1.54) is 12.8 Å². The Labute approximate surface area is 114 Å². The van der Waals surface area contributed by atoms with Crippen LogP contribution >= 0.6 is 35.2 Å². The summed E-state index contributed by atoms with van der Waals surface area (Å²) in [5, 5.41) is 0. The average Bonchev–Trinajstić information content (AvgIpc) is 3.05. The lowest BCUT2D eigenvalue weighted by molar-refractivity contribution is 0.915. The molecule has 3 rings (SSSR count). The summed E-state index contributed by atoms with van der Waals surface area (Å²) in [6.45, 7) is 2.01. The van der Waals surface area contributed by atoms with Crippen molar-refractivity contribution in [3.63, 3.8) is 0 Å². The first-order valence-electron chi connectivity index (χ1n) is 5.51. The minimum Gasteiger partial charge on any atom is -0.342 e. The molecule has 0 aliphatic heterocycles. The van der Waals surface area contributed by atoms with Crippen molar-refractivity contribution in [2.24, 2.45) is 0 Å². The fourth-order valence-electron chi connectivity index (χ4n) is 1.80. The van der Waals surface area contributed by atoms with E-state index in [1.807, 2.05) is 19.1 Å². The molecule has 0 bridgehead atoms. The van der Waals surface area contributed by atoms with E-state index in [4.69, 9.17) is 23.8 Å². The molecule has 0 spiro atoms. The quantitative estimate of drug-likeness (QED) is 0.808. The normalized spacial score (nSPS) is 15.2. The molecule has 1 saturated carbocycles. The smallest absolute Gasteiger partial charge is 0.133 e. The van der Waals surface area contributed by atoms with Crippen LogP contribution in [-0.2, 0) is 0 Å². The van der Waals surface area contributed by atoms with Gasteiger partial charge in [0.2, 0.25) is 0 Å². The Bertz CT molecular complexity index is 626. The summed E-state index contributed by atoms with van der Waals surface area (Å²) in [7, 11) is 0. The van der Waals surface area contributed by atoms with Crippen LogP contribution in [0.1, 0.15) is 30.1 Å². The molecule has 2 aromatic rings. The Balaban J connectivity index is 2.17. The second kappa shape index (κ2) is 4.19. The van der Waals surface area contributed by atoms with Gasteiger partial charge in [-0.15, -0.1) is 11.3 Å². The fraction of sp³-hybridized carbons (Fsp3) is 0.333. The molecule has 0 aromatic carbocycles. The van der Waals surface area contributed by atoms with Crippen molar-refractivity contribution in [2.45, 2.75) is 25.7 Å². The number of aromatic nitrogens is 2. The van der Waals surface area contributed by atoms with Crippen LogP contribution in [0.25, 0.3) is 10.6 Å². The van der Waals surface area contributed by atoms with Crippen molar-refractivity contribution in [3.05, 3.63) is 32.5 Å². The number of aromatic amines is 1. The summed E-state index contributed by atoms with van der Waals surface area (Å²) in [4.78, 5) is 9.01. The molecule has 2 nitrogen and oxygen atoms in total. The van der Waals surface area contributed by atoms with Crippen molar-refractivity contribution in [3.8, 4) is 10.6 Å². The molecular weight excluding hydrogens is 272 g/mol. The molecule has 2 heterocycles. The van der Waals surface area contributed by atoms with Crippen molar-refractivity contribution >= 4 is 35.2 Å². The molecule has 0 unspecified atom stereocenters. The number of hydrogen-bond acceptors (Lipinski definition) is 3. The van der Waals surface area contributed by atoms with E-state index in [9.17, 15) is 0 Å². The van der Waals surface area contributed by atoms with E-state index in [0.717, 1.165) is 26.3 Å². The predicted octanol–water partition coefficient (Wildman–Crippen LogP) is 4.71. The number of thiophene rings is 1. The van der Waals surface area contributed by atoms with Gasteiger partial charge in [-0.2, -0.15) is 0 Å². The van der Waals surface area contributed by atoms with Crippen LogP contribution < -0.4 is 0 Å². The maximum atomic E-state index is 5.98. The highest BCUT2D eigenvalue weighted by Gasteiger charge is 2.26. The van der Waals surface area contributed by atoms with Crippen LogP contribution in [0.4, 0.5) is 0 Å². The van der Waals surface area contributed by atoms with Gasteiger partial charge in [-0.25, -0.2) is 4.98 Å². The first kappa shape index (κ1) is 11.4. The van der Waals surface area contributed by atoms with Crippen LogP contribution in [0.5, 0.6) is 0 Å². The number of nitrogens with zero attached hydrogens (tertiary/aromatic N) is 1. The molecule has 0 radical (unpaired) electrons. The fourth-order valence-corrected chi connectivity index (χ4v) is 3.10. The Kier molecular flexibility index (Phi) is 2.81. The molecule has 88 valence electrons. The van der Waals surface area contributed by atoms with Gasteiger partial charge in [-0.3, -0.25) is 0 Å². The molecule has 1 N–H and O–H groups in total. The number of hydrogen-bond donors (Lipinski definition) is 1. The maximum absolute atomic E-state index is 5.98. The summed E-state index contributed by atoms with van der Waals surface area (Å²) in [6, 6.07) is 3.94. The van der Waals surface area contributed by atoms with Crippen LogP contribution in [0.15, 0.2) is 12.1 Å². The Hall–Kier alpha value is -0.710. The van der Waals surface area contributed by atoms with Gasteiger partial charge in [0.15, 0.2) is 0 Å². The van der Waals surface area contributed by atoms with Crippen molar-refractivity contribution in [1.82, 2.24) is 9.97 Å². The molecule has 17 heavy (non-hydrogen) atoms. The highest BCUT2D eigenvalue weighted by Crippen LogP contribution is 2.40. The molecular formula is C12H11ClN2S2. The van der Waals surface area contributed by atoms with E-state index in [2.05, 4.69) is 9.97 Å². The highest BCUT2D eigenvalue weighted by atomic mass is 35.5. The third-order valence-electron chi connectivity index (χ3n) is 2.95. The van der Waals surface area contributed by atoms with E-state index < -0.39 is 0 Å². The molecule has 5 heteroatoms. The predicted molar refractivity (Wildman–Crippen MR) is 74.5 cm³/mol. The topological polar surface area (TPSA) is 28.7 Å². The minimum atomic E-state index is 0.575. The number of rotatable bonds is 2. The summed E-state index contributed by atoms with van der Waals surface area (Å²) >= 11 is 12.9. The van der Waals surface area contributed by atoms with E-state index in [-0.39, 0.29) is 0 Å². The second-order valence-electron chi connectivity index (χ2n) is 4.31. The molecule has 0 saturated heterocycles. The Morgan fingerprint density at radius 2 is 2.24 bits per heavy atom. The summed E-state index contributed by atoms with van der Waals surface area (Å²) in [6.07, 6.45) is 2.43. The zero-order valence-corrected chi connectivity index (χ0v) is 11.7. The number of nitrogens with one attached hydrogen (secondary N) is 1. The minimum absolute atomic E-state index is 0.575. The zero-order valence-electron chi connectivity index (χ0n) is 9.29. The van der Waals surface area contributed by atoms with E-state index in [1.54, 1.807) is 11.3 Å². The van der Waals surface area contributed by atoms with Gasteiger partial charge >= 0.3 is 0 Å². The molecule has 0 amide bonds. The van der Waals surface area contributed by atoms with Gasteiger partial charge in [0.05, 0.1) is 14.9 Å². The van der Waals surface area contributed by atoms with Gasteiger partial charge in [0.25, 0.3) is 0 Å². The van der Waals surface area contributed by atoms with Crippen molar-refractivity contribution in [1.29, 1.82) is 0 Å². The van der Waals surface area contributed by atoms with Crippen molar-refractivity contribution < 1.29 is 0 Å². The molecule has 2 aromatic heterocycles. The summed E-state index contributed by atoms with van der Waals surface area (Å²) in [5.74, 6) is 1.60. The first-order valence-corrected chi connectivity index (χ1v) is 7.12. The average molecular weight is 283 g/mol. The summed E-state index contributed by atoms with van der Waals surface area (Å²) in [5.41, 5.74) is 2.10. The number of H-pyrrole nitrogens is 1. The second-order valence-corrected chi connectivity index (χ2v) is 6.41. The van der Waals surface area contributed by atoms with Crippen LogP contribution in [0.2, 0.25) is 4.34 Å². The first-order chi connectivity index (χ1) is 8.15. The van der Waals surface area contributed by atoms with Gasteiger partial charge < -0.3 is 4.98 Å². The third kappa shape index (κ3) is 2.17. The lowest BCUT2D eigenvalue weighted by Crippen LogP contribution is -1.98. The van der Waals surface area contributed by atoms with Crippen molar-refractivity contribution in [2.75, 3.05) is 0 Å². The van der Waals surface area contributed by atoms with E-state index >= 15 is 0 Å². The lowest BCUT2D eigenvalue weighted by Gasteiger charge is -2.07. The highest BCUT2D eigenvalue weighted by molar-refractivity contribution is 7.71. The van der Waals surface area contributed by atoms with Crippen LogP contribution in [0.3, 0.4) is 0 Å². The van der Waals surface area contributed by atoms with Gasteiger partial charge in [-0.05, 0) is 31.9 Å². The monoisotopic (exact) mass is 282 g/mol. The van der Waals surface area contributed by atoms with Gasteiger partial charge in [0, 0.05) is 11.5 Å². The SMILES string of the molecule is Cc1c(-c2ccc(Cl)s2)[nH]c(C2CC2)nc1=S. The number of halogens is 1.